The van der Waals surface area contributed by atoms with Crippen molar-refractivity contribution in [2.45, 2.75) is 25.7 Å². The van der Waals surface area contributed by atoms with Gasteiger partial charge in [0.1, 0.15) is 5.82 Å². The average Bonchev–Trinajstić information content (AvgIpc) is 2.87. The minimum Gasteiger partial charge on any atom is -0.332 e. The Bertz CT molecular complexity index is 554. The second-order valence-corrected chi connectivity index (χ2v) is 6.46. The van der Waals surface area contributed by atoms with Crippen LogP contribution in [-0.4, -0.2) is 17.5 Å². The first-order valence-electron chi connectivity index (χ1n) is 6.67. The Hall–Kier alpha value is -1.17. The zero-order valence-electron chi connectivity index (χ0n) is 10.9. The maximum absolute atomic E-state index is 13.6. The highest BCUT2D eigenvalue weighted by Crippen LogP contribution is 2.43. The van der Waals surface area contributed by atoms with Crippen molar-refractivity contribution in [1.29, 1.82) is 0 Å². The van der Waals surface area contributed by atoms with E-state index in [1.807, 2.05) is 0 Å². The molecule has 1 spiro atoms. The summed E-state index contributed by atoms with van der Waals surface area (Å²) in [5.74, 6) is -2.14. The summed E-state index contributed by atoms with van der Waals surface area (Å²) in [4.78, 5) is 4.42. The Morgan fingerprint density at radius 3 is 2.55 bits per heavy atom. The van der Waals surface area contributed by atoms with Crippen LogP contribution in [0.4, 0.5) is 18.9 Å². The molecule has 0 amide bonds. The molecule has 0 saturated heterocycles. The van der Waals surface area contributed by atoms with Crippen molar-refractivity contribution in [1.82, 2.24) is 0 Å². The van der Waals surface area contributed by atoms with Gasteiger partial charge in [-0.2, -0.15) is 0 Å². The lowest BCUT2D eigenvalue weighted by molar-refractivity contribution is 0.359. The normalized spacial score (nSPS) is 21.1. The predicted octanol–water partition coefficient (Wildman–Crippen LogP) is 4.18. The number of aliphatic imine (C=N–C) groups is 1. The molecule has 1 saturated carbocycles. The molecule has 108 valence electrons. The molecule has 6 heteroatoms. The van der Waals surface area contributed by atoms with Gasteiger partial charge in [0.05, 0.1) is 5.69 Å². The minimum atomic E-state index is -1.19. The van der Waals surface area contributed by atoms with E-state index in [9.17, 15) is 13.2 Å². The summed E-state index contributed by atoms with van der Waals surface area (Å²) in [5, 5.41) is 3.23. The quantitative estimate of drug-likeness (QED) is 0.787. The third kappa shape index (κ3) is 2.66. The Morgan fingerprint density at radius 2 is 1.90 bits per heavy atom. The topological polar surface area (TPSA) is 24.4 Å². The molecule has 1 aliphatic heterocycles. The van der Waals surface area contributed by atoms with E-state index in [0.29, 0.717) is 17.8 Å². The summed E-state index contributed by atoms with van der Waals surface area (Å²) < 4.78 is 39.8. The third-order valence-electron chi connectivity index (χ3n) is 3.97. The number of halogens is 3. The van der Waals surface area contributed by atoms with E-state index in [2.05, 4.69) is 10.3 Å². The van der Waals surface area contributed by atoms with Crippen LogP contribution in [-0.2, 0) is 0 Å². The van der Waals surface area contributed by atoms with Crippen LogP contribution in [0.5, 0.6) is 0 Å². The molecule has 0 aromatic heterocycles. The Labute approximate surface area is 119 Å². The van der Waals surface area contributed by atoms with Gasteiger partial charge in [-0.1, -0.05) is 24.6 Å². The average molecular weight is 300 g/mol. The van der Waals surface area contributed by atoms with Crippen molar-refractivity contribution in [3.63, 3.8) is 0 Å². The fraction of sp³-hybridized carbons (Fsp3) is 0.500. The van der Waals surface area contributed by atoms with Gasteiger partial charge in [0.15, 0.2) is 16.8 Å². The summed E-state index contributed by atoms with van der Waals surface area (Å²) in [6.45, 7) is 0.710. The highest BCUT2D eigenvalue weighted by atomic mass is 32.2. The monoisotopic (exact) mass is 300 g/mol. The van der Waals surface area contributed by atoms with Gasteiger partial charge in [-0.05, 0) is 18.3 Å². The van der Waals surface area contributed by atoms with Gasteiger partial charge in [0.25, 0.3) is 0 Å². The van der Waals surface area contributed by atoms with Gasteiger partial charge in [-0.3, -0.25) is 4.99 Å². The van der Waals surface area contributed by atoms with Crippen molar-refractivity contribution < 1.29 is 13.2 Å². The first kappa shape index (κ1) is 13.8. The molecule has 1 aromatic carbocycles. The molecule has 2 nitrogen and oxygen atoms in total. The number of hydrogen-bond donors (Lipinski definition) is 1. The number of rotatable bonds is 1. The van der Waals surface area contributed by atoms with Gasteiger partial charge < -0.3 is 5.32 Å². The van der Waals surface area contributed by atoms with Gasteiger partial charge in [-0.15, -0.1) is 0 Å². The van der Waals surface area contributed by atoms with E-state index in [1.54, 1.807) is 0 Å². The number of nitrogens with one attached hydrogen (secondary N) is 1. The fourth-order valence-electron chi connectivity index (χ4n) is 2.82. The molecular formula is C14H15F3N2S. The summed E-state index contributed by atoms with van der Waals surface area (Å²) in [6.07, 6.45) is 4.84. The molecular weight excluding hydrogens is 285 g/mol. The molecule has 1 N–H and O–H groups in total. The summed E-state index contributed by atoms with van der Waals surface area (Å²) in [7, 11) is 0. The van der Waals surface area contributed by atoms with Crippen molar-refractivity contribution in [2.75, 3.05) is 17.6 Å². The van der Waals surface area contributed by atoms with E-state index in [0.717, 1.165) is 11.8 Å². The van der Waals surface area contributed by atoms with E-state index in [1.165, 1.54) is 37.4 Å². The van der Waals surface area contributed by atoms with Crippen LogP contribution >= 0.6 is 11.8 Å². The highest BCUT2D eigenvalue weighted by molar-refractivity contribution is 8.14. The molecule has 0 radical (unpaired) electrons. The first-order chi connectivity index (χ1) is 9.58. The molecule has 1 aliphatic carbocycles. The van der Waals surface area contributed by atoms with Crippen LogP contribution in [0.1, 0.15) is 25.7 Å². The van der Waals surface area contributed by atoms with Crippen LogP contribution < -0.4 is 5.32 Å². The zero-order chi connectivity index (χ0) is 14.2. The number of thioether (sulfide) groups is 1. The van der Waals surface area contributed by atoms with Crippen molar-refractivity contribution >= 4 is 22.6 Å². The maximum atomic E-state index is 13.6. The summed E-state index contributed by atoms with van der Waals surface area (Å²) >= 11 is 1.50. The lowest BCUT2D eigenvalue weighted by Gasteiger charge is -2.31. The third-order valence-corrected chi connectivity index (χ3v) is 5.23. The van der Waals surface area contributed by atoms with Gasteiger partial charge in [0.2, 0.25) is 0 Å². The van der Waals surface area contributed by atoms with Crippen LogP contribution in [0.2, 0.25) is 0 Å². The van der Waals surface area contributed by atoms with E-state index >= 15 is 0 Å². The van der Waals surface area contributed by atoms with Crippen LogP contribution in [0.25, 0.3) is 0 Å². The second-order valence-electron chi connectivity index (χ2n) is 5.49. The Morgan fingerprint density at radius 1 is 1.15 bits per heavy atom. The van der Waals surface area contributed by atoms with E-state index < -0.39 is 17.5 Å². The van der Waals surface area contributed by atoms with Gasteiger partial charge in [0, 0.05) is 24.4 Å². The Kier molecular flexibility index (Phi) is 3.67. The van der Waals surface area contributed by atoms with E-state index in [-0.39, 0.29) is 11.1 Å². The van der Waals surface area contributed by atoms with Crippen molar-refractivity contribution in [2.24, 2.45) is 10.4 Å². The van der Waals surface area contributed by atoms with Crippen molar-refractivity contribution in [3.8, 4) is 0 Å². The summed E-state index contributed by atoms with van der Waals surface area (Å²) in [5.41, 5.74) is 0.0813. The largest absolute Gasteiger partial charge is 0.332 e. The van der Waals surface area contributed by atoms with Crippen molar-refractivity contribution in [3.05, 3.63) is 29.6 Å². The van der Waals surface area contributed by atoms with Crippen LogP contribution in [0.3, 0.4) is 0 Å². The lowest BCUT2D eigenvalue weighted by atomic mass is 9.89. The zero-order valence-corrected chi connectivity index (χ0v) is 11.7. The minimum absolute atomic E-state index is 0.198. The predicted molar refractivity (Wildman–Crippen MR) is 75.6 cm³/mol. The molecule has 0 atom stereocenters. The van der Waals surface area contributed by atoms with Crippen LogP contribution in [0.15, 0.2) is 17.1 Å². The molecule has 0 unspecified atom stereocenters. The molecule has 3 rings (SSSR count). The van der Waals surface area contributed by atoms with Crippen LogP contribution in [0, 0.1) is 22.9 Å². The SMILES string of the molecule is Fc1cc(F)c(F)c(NC2=NCC3(CCCC3)CS2)c1. The fourth-order valence-corrected chi connectivity index (χ4v) is 3.98. The van der Waals surface area contributed by atoms with Gasteiger partial charge >= 0.3 is 0 Å². The number of anilines is 1. The number of amidine groups is 1. The number of hydrogen-bond acceptors (Lipinski definition) is 3. The maximum Gasteiger partial charge on any atom is 0.182 e. The smallest absolute Gasteiger partial charge is 0.182 e. The molecule has 20 heavy (non-hydrogen) atoms. The molecule has 1 fully saturated rings. The highest BCUT2D eigenvalue weighted by Gasteiger charge is 2.36. The van der Waals surface area contributed by atoms with E-state index in [4.69, 9.17) is 0 Å². The van der Waals surface area contributed by atoms with Gasteiger partial charge in [-0.25, -0.2) is 13.2 Å². The molecule has 2 aliphatic rings. The second kappa shape index (κ2) is 5.31. The Balaban J connectivity index is 1.74. The number of nitrogens with zero attached hydrogens (tertiary/aromatic N) is 1. The number of benzene rings is 1. The first-order valence-corrected chi connectivity index (χ1v) is 7.65. The molecule has 1 heterocycles. The molecule has 0 bridgehead atoms. The molecule has 1 aromatic rings. The lowest BCUT2D eigenvalue weighted by Crippen LogP contribution is -2.30. The standard InChI is InChI=1S/C14H15F3N2S/c15-9-5-10(16)12(17)11(6-9)19-13-18-7-14(8-20-13)3-1-2-4-14/h5-6H,1-4,7-8H2,(H,18,19). The summed E-state index contributed by atoms with van der Waals surface area (Å²) in [6, 6.07) is 1.48.